The summed E-state index contributed by atoms with van der Waals surface area (Å²) in [5.74, 6) is 0.887. The van der Waals surface area contributed by atoms with Crippen molar-refractivity contribution in [2.45, 2.75) is 26.0 Å². The molecule has 3 rings (SSSR count). The third kappa shape index (κ3) is 2.52. The maximum atomic E-state index is 6.23. The van der Waals surface area contributed by atoms with Crippen molar-refractivity contribution in [2.75, 3.05) is 5.32 Å². The Balaban J connectivity index is 2.00. The molecule has 104 valence electrons. The molecule has 20 heavy (non-hydrogen) atoms. The van der Waals surface area contributed by atoms with E-state index in [-0.39, 0.29) is 12.1 Å². The Bertz CT molecular complexity index is 659. The van der Waals surface area contributed by atoms with Crippen LogP contribution in [0.25, 0.3) is 0 Å². The normalized spacial score (nSPS) is 20.8. The minimum atomic E-state index is -0.0140. The number of hydrogen-bond donors (Lipinski definition) is 1. The minimum Gasteiger partial charge on any atom is -0.481 e. The third-order valence-corrected chi connectivity index (χ3v) is 4.21. The highest BCUT2D eigenvalue weighted by atomic mass is 79.9. The lowest BCUT2D eigenvalue weighted by atomic mass is 10.0. The molecule has 2 unspecified atom stereocenters. The second-order valence-electron chi connectivity index (χ2n) is 5.13. The quantitative estimate of drug-likeness (QED) is 0.747. The number of ether oxygens (including phenoxy) is 1. The van der Waals surface area contributed by atoms with E-state index in [1.807, 2.05) is 31.2 Å². The lowest BCUT2D eigenvalue weighted by Gasteiger charge is -2.34. The van der Waals surface area contributed by atoms with E-state index in [1.165, 1.54) is 0 Å². The molecule has 0 saturated carbocycles. The molecule has 2 atom stereocenters. The molecule has 1 heterocycles. The molecule has 0 radical (unpaired) electrons. The van der Waals surface area contributed by atoms with Gasteiger partial charge in [-0.25, -0.2) is 0 Å². The number of anilines is 1. The summed E-state index contributed by atoms with van der Waals surface area (Å²) in [6, 6.07) is 12.2. The van der Waals surface area contributed by atoms with Crippen molar-refractivity contribution in [2.24, 2.45) is 0 Å². The van der Waals surface area contributed by atoms with Crippen LogP contribution in [0.4, 0.5) is 5.69 Å². The lowest BCUT2D eigenvalue weighted by Crippen LogP contribution is -2.32. The highest BCUT2D eigenvalue weighted by Gasteiger charge is 2.29. The predicted molar refractivity (Wildman–Crippen MR) is 86.8 cm³/mol. The number of benzene rings is 2. The zero-order chi connectivity index (χ0) is 14.3. The van der Waals surface area contributed by atoms with Gasteiger partial charge in [0.2, 0.25) is 0 Å². The monoisotopic (exact) mass is 351 g/mol. The van der Waals surface area contributed by atoms with Crippen molar-refractivity contribution in [3.05, 3.63) is 57.0 Å². The van der Waals surface area contributed by atoms with Gasteiger partial charge in [0.05, 0.1) is 11.7 Å². The summed E-state index contributed by atoms with van der Waals surface area (Å²) in [7, 11) is 0. The van der Waals surface area contributed by atoms with Gasteiger partial charge in [0.25, 0.3) is 0 Å². The molecule has 4 heteroatoms. The SMILES string of the molecule is Cc1cc(Cl)cc2c1OC(c1cccc(Br)c1)C(C)N2. The fourth-order valence-corrected chi connectivity index (χ4v) is 3.27. The number of hydrogen-bond acceptors (Lipinski definition) is 2. The Morgan fingerprint density at radius 3 is 2.80 bits per heavy atom. The molecule has 0 fully saturated rings. The smallest absolute Gasteiger partial charge is 0.146 e. The van der Waals surface area contributed by atoms with Gasteiger partial charge >= 0.3 is 0 Å². The summed E-state index contributed by atoms with van der Waals surface area (Å²) in [5.41, 5.74) is 3.17. The molecule has 0 aromatic heterocycles. The van der Waals surface area contributed by atoms with Crippen LogP contribution in [0.1, 0.15) is 24.2 Å². The zero-order valence-corrected chi connectivity index (χ0v) is 13.6. The average molecular weight is 353 g/mol. The number of aryl methyl sites for hydroxylation is 1. The van der Waals surface area contributed by atoms with Crippen molar-refractivity contribution in [3.8, 4) is 5.75 Å². The Morgan fingerprint density at radius 1 is 1.25 bits per heavy atom. The average Bonchev–Trinajstić information content (AvgIpc) is 2.37. The third-order valence-electron chi connectivity index (χ3n) is 3.50. The van der Waals surface area contributed by atoms with E-state index < -0.39 is 0 Å². The van der Waals surface area contributed by atoms with Gasteiger partial charge < -0.3 is 10.1 Å². The molecule has 0 aliphatic carbocycles. The number of nitrogens with one attached hydrogen (secondary N) is 1. The van der Waals surface area contributed by atoms with E-state index in [0.29, 0.717) is 0 Å². The molecule has 1 aliphatic heterocycles. The molecule has 1 aliphatic rings. The van der Waals surface area contributed by atoms with Gasteiger partial charge in [0, 0.05) is 9.50 Å². The van der Waals surface area contributed by atoms with Crippen molar-refractivity contribution in [1.29, 1.82) is 0 Å². The predicted octanol–water partition coefficient (Wildman–Crippen LogP) is 5.35. The van der Waals surface area contributed by atoms with E-state index in [4.69, 9.17) is 16.3 Å². The van der Waals surface area contributed by atoms with Gasteiger partial charge in [0.1, 0.15) is 11.9 Å². The van der Waals surface area contributed by atoms with Crippen LogP contribution in [-0.4, -0.2) is 6.04 Å². The summed E-state index contributed by atoms with van der Waals surface area (Å²) in [4.78, 5) is 0. The maximum Gasteiger partial charge on any atom is 0.146 e. The molecule has 2 aromatic rings. The van der Waals surface area contributed by atoms with Crippen LogP contribution >= 0.6 is 27.5 Å². The van der Waals surface area contributed by atoms with Crippen LogP contribution in [0.2, 0.25) is 5.02 Å². The second kappa shape index (κ2) is 5.30. The molecule has 1 N–H and O–H groups in total. The van der Waals surface area contributed by atoms with Gasteiger partial charge in [-0.1, -0.05) is 39.7 Å². The van der Waals surface area contributed by atoms with Gasteiger partial charge in [-0.3, -0.25) is 0 Å². The summed E-state index contributed by atoms with van der Waals surface area (Å²) in [5, 5.41) is 4.21. The van der Waals surface area contributed by atoms with Crippen LogP contribution in [0.3, 0.4) is 0 Å². The molecular weight excluding hydrogens is 338 g/mol. The van der Waals surface area contributed by atoms with E-state index in [2.05, 4.69) is 40.3 Å². The number of fused-ring (bicyclic) bond motifs is 1. The van der Waals surface area contributed by atoms with Gasteiger partial charge in [-0.15, -0.1) is 0 Å². The van der Waals surface area contributed by atoms with Crippen LogP contribution < -0.4 is 10.1 Å². The van der Waals surface area contributed by atoms with Crippen LogP contribution in [0.15, 0.2) is 40.9 Å². The standard InChI is InChI=1S/C16H15BrClNO/c1-9-6-13(18)8-14-15(9)20-16(10(2)19-14)11-4-3-5-12(17)7-11/h3-8,10,16,19H,1-2H3. The first-order valence-electron chi connectivity index (χ1n) is 6.53. The Hall–Kier alpha value is -1.19. The zero-order valence-electron chi connectivity index (χ0n) is 11.3. The number of rotatable bonds is 1. The summed E-state index contributed by atoms with van der Waals surface area (Å²) >= 11 is 9.61. The Morgan fingerprint density at radius 2 is 2.05 bits per heavy atom. The Kier molecular flexibility index (Phi) is 3.65. The molecule has 0 amide bonds. The molecule has 2 nitrogen and oxygen atoms in total. The van der Waals surface area contributed by atoms with E-state index in [9.17, 15) is 0 Å². The molecule has 0 bridgehead atoms. The maximum absolute atomic E-state index is 6.23. The molecule has 0 spiro atoms. The number of halogens is 2. The van der Waals surface area contributed by atoms with Gasteiger partial charge in [-0.2, -0.15) is 0 Å². The largest absolute Gasteiger partial charge is 0.481 e. The van der Waals surface area contributed by atoms with E-state index in [1.54, 1.807) is 0 Å². The summed E-state index contributed by atoms with van der Waals surface area (Å²) < 4.78 is 7.29. The fraction of sp³-hybridized carbons (Fsp3) is 0.250. The van der Waals surface area contributed by atoms with Crippen LogP contribution in [0.5, 0.6) is 5.75 Å². The van der Waals surface area contributed by atoms with Crippen molar-refractivity contribution in [1.82, 2.24) is 0 Å². The highest BCUT2D eigenvalue weighted by molar-refractivity contribution is 9.10. The Labute approximate surface area is 132 Å². The lowest BCUT2D eigenvalue weighted by molar-refractivity contribution is 0.176. The fourth-order valence-electron chi connectivity index (χ4n) is 2.58. The van der Waals surface area contributed by atoms with Crippen molar-refractivity contribution in [3.63, 3.8) is 0 Å². The first-order valence-corrected chi connectivity index (χ1v) is 7.70. The van der Waals surface area contributed by atoms with Crippen molar-refractivity contribution >= 4 is 33.2 Å². The van der Waals surface area contributed by atoms with E-state index in [0.717, 1.165) is 32.1 Å². The second-order valence-corrected chi connectivity index (χ2v) is 6.48. The minimum absolute atomic E-state index is 0.0140. The summed E-state index contributed by atoms with van der Waals surface area (Å²) in [6.45, 7) is 4.13. The van der Waals surface area contributed by atoms with Gasteiger partial charge in [-0.05, 0) is 49.2 Å². The first kappa shape index (κ1) is 13.8. The molecule has 2 aromatic carbocycles. The molecular formula is C16H15BrClNO. The van der Waals surface area contributed by atoms with Crippen LogP contribution in [-0.2, 0) is 0 Å². The van der Waals surface area contributed by atoms with Crippen molar-refractivity contribution < 1.29 is 4.74 Å². The first-order chi connectivity index (χ1) is 9.54. The van der Waals surface area contributed by atoms with Crippen LogP contribution in [0, 0.1) is 6.92 Å². The topological polar surface area (TPSA) is 21.3 Å². The highest BCUT2D eigenvalue weighted by Crippen LogP contribution is 2.41. The molecule has 0 saturated heterocycles. The summed E-state index contributed by atoms with van der Waals surface area (Å²) in [6.07, 6.45) is -0.0140. The van der Waals surface area contributed by atoms with E-state index >= 15 is 0 Å². The van der Waals surface area contributed by atoms with Gasteiger partial charge in [0.15, 0.2) is 0 Å².